The van der Waals surface area contributed by atoms with Gasteiger partial charge in [-0.2, -0.15) is 0 Å². The highest BCUT2D eigenvalue weighted by Crippen LogP contribution is 2.18. The van der Waals surface area contributed by atoms with Crippen molar-refractivity contribution in [2.75, 3.05) is 7.11 Å². The van der Waals surface area contributed by atoms with E-state index >= 15 is 0 Å². The van der Waals surface area contributed by atoms with Gasteiger partial charge in [-0.15, -0.1) is 0 Å². The van der Waals surface area contributed by atoms with Crippen LogP contribution in [-0.2, 0) is 20.5 Å². The summed E-state index contributed by atoms with van der Waals surface area (Å²) in [4.78, 5) is 12.5. The first-order valence-corrected chi connectivity index (χ1v) is 8.41. The van der Waals surface area contributed by atoms with Crippen LogP contribution in [0.25, 0.3) is 10.8 Å². The van der Waals surface area contributed by atoms with E-state index in [-0.39, 0.29) is 5.97 Å². The molecule has 1 unspecified atom stereocenters. The SMILES string of the molecule is COC(=O)[C@@H](CC(C)C)NS(=O)c1ccc2ccccc2c1. The molecule has 0 aliphatic carbocycles. The van der Waals surface area contributed by atoms with Crippen molar-refractivity contribution in [1.82, 2.24) is 4.72 Å². The van der Waals surface area contributed by atoms with E-state index in [1.165, 1.54) is 7.11 Å². The highest BCUT2D eigenvalue weighted by Gasteiger charge is 2.23. The Hall–Kier alpha value is -1.72. The molecule has 22 heavy (non-hydrogen) atoms. The predicted octanol–water partition coefficient (Wildman–Crippen LogP) is 3.04. The molecule has 0 heterocycles. The fourth-order valence-corrected chi connectivity index (χ4v) is 3.30. The van der Waals surface area contributed by atoms with Crippen molar-refractivity contribution in [3.8, 4) is 0 Å². The average molecular weight is 319 g/mol. The molecule has 2 aromatic carbocycles. The molecule has 0 saturated carbocycles. The quantitative estimate of drug-likeness (QED) is 0.833. The van der Waals surface area contributed by atoms with E-state index in [0.717, 1.165) is 10.8 Å². The summed E-state index contributed by atoms with van der Waals surface area (Å²) in [6.45, 7) is 4.02. The maximum absolute atomic E-state index is 12.5. The molecule has 0 aliphatic rings. The summed E-state index contributed by atoms with van der Waals surface area (Å²) < 4.78 is 20.2. The summed E-state index contributed by atoms with van der Waals surface area (Å²) in [5, 5.41) is 2.11. The van der Waals surface area contributed by atoms with Crippen molar-refractivity contribution in [2.24, 2.45) is 5.92 Å². The van der Waals surface area contributed by atoms with Crippen LogP contribution in [-0.4, -0.2) is 23.3 Å². The van der Waals surface area contributed by atoms with E-state index in [0.29, 0.717) is 17.2 Å². The van der Waals surface area contributed by atoms with Gasteiger partial charge in [0.15, 0.2) is 0 Å². The predicted molar refractivity (Wildman–Crippen MR) is 88.8 cm³/mol. The molecule has 0 spiro atoms. The molecule has 4 nitrogen and oxygen atoms in total. The van der Waals surface area contributed by atoms with Crippen LogP contribution in [0.2, 0.25) is 0 Å². The molecule has 0 aromatic heterocycles. The summed E-state index contributed by atoms with van der Waals surface area (Å²) in [5.74, 6) is -0.0898. The topological polar surface area (TPSA) is 55.4 Å². The Morgan fingerprint density at radius 2 is 1.86 bits per heavy atom. The van der Waals surface area contributed by atoms with Crippen LogP contribution < -0.4 is 4.72 Å². The van der Waals surface area contributed by atoms with Gasteiger partial charge in [-0.05, 0) is 35.2 Å². The Morgan fingerprint density at radius 3 is 2.50 bits per heavy atom. The number of methoxy groups -OCH3 is 1. The molecular formula is C17H21NO3S. The Kier molecular flexibility index (Phi) is 5.69. The summed E-state index contributed by atoms with van der Waals surface area (Å²) in [6, 6.07) is 12.9. The van der Waals surface area contributed by atoms with E-state index in [4.69, 9.17) is 4.74 Å². The van der Waals surface area contributed by atoms with E-state index in [9.17, 15) is 9.00 Å². The smallest absolute Gasteiger partial charge is 0.323 e. The number of esters is 1. The number of hydrogen-bond acceptors (Lipinski definition) is 3. The maximum atomic E-state index is 12.5. The van der Waals surface area contributed by atoms with Crippen molar-refractivity contribution < 1.29 is 13.7 Å². The molecular weight excluding hydrogens is 298 g/mol. The summed E-state index contributed by atoms with van der Waals surface area (Å²) >= 11 is 0. The lowest BCUT2D eigenvalue weighted by Crippen LogP contribution is -2.39. The number of fused-ring (bicyclic) bond motifs is 1. The van der Waals surface area contributed by atoms with Crippen LogP contribution in [0.1, 0.15) is 20.3 Å². The first-order chi connectivity index (χ1) is 10.5. The van der Waals surface area contributed by atoms with Gasteiger partial charge >= 0.3 is 5.97 Å². The molecule has 0 bridgehead atoms. The zero-order chi connectivity index (χ0) is 16.1. The van der Waals surface area contributed by atoms with Crippen LogP contribution in [0.4, 0.5) is 0 Å². The minimum atomic E-state index is -1.46. The molecule has 5 heteroatoms. The third-order valence-corrected chi connectivity index (χ3v) is 4.56. The van der Waals surface area contributed by atoms with Gasteiger partial charge in [-0.1, -0.05) is 44.2 Å². The largest absolute Gasteiger partial charge is 0.468 e. The van der Waals surface area contributed by atoms with Crippen molar-refractivity contribution >= 4 is 27.7 Å². The Morgan fingerprint density at radius 1 is 1.18 bits per heavy atom. The number of nitrogens with one attached hydrogen (secondary N) is 1. The van der Waals surface area contributed by atoms with Crippen LogP contribution in [0.3, 0.4) is 0 Å². The molecule has 0 saturated heterocycles. The first kappa shape index (κ1) is 16.6. The normalized spacial score (nSPS) is 14.0. The Labute approximate surface area is 133 Å². The van der Waals surface area contributed by atoms with E-state index in [1.54, 1.807) is 0 Å². The zero-order valence-corrected chi connectivity index (χ0v) is 13.9. The summed E-state index contributed by atoms with van der Waals surface area (Å²) in [6.07, 6.45) is 0.575. The van der Waals surface area contributed by atoms with Gasteiger partial charge in [0.05, 0.1) is 12.0 Å². The van der Waals surface area contributed by atoms with Crippen molar-refractivity contribution in [2.45, 2.75) is 31.2 Å². The van der Waals surface area contributed by atoms with Gasteiger partial charge in [-0.25, -0.2) is 8.93 Å². The maximum Gasteiger partial charge on any atom is 0.323 e. The van der Waals surface area contributed by atoms with Gasteiger partial charge in [0.1, 0.15) is 17.0 Å². The number of hydrogen-bond donors (Lipinski definition) is 1. The van der Waals surface area contributed by atoms with Crippen molar-refractivity contribution in [3.05, 3.63) is 42.5 Å². The first-order valence-electron chi connectivity index (χ1n) is 7.26. The van der Waals surface area contributed by atoms with Crippen LogP contribution in [0, 0.1) is 5.92 Å². The molecule has 2 atom stereocenters. The van der Waals surface area contributed by atoms with Gasteiger partial charge in [0.2, 0.25) is 0 Å². The van der Waals surface area contributed by atoms with Gasteiger partial charge in [0, 0.05) is 0 Å². The molecule has 0 aliphatic heterocycles. The molecule has 0 fully saturated rings. The van der Waals surface area contributed by atoms with Crippen molar-refractivity contribution in [1.29, 1.82) is 0 Å². The number of carbonyl (C=O) groups is 1. The number of benzene rings is 2. The Balaban J connectivity index is 2.19. The Bertz CT molecular complexity index is 684. The van der Waals surface area contributed by atoms with Gasteiger partial charge < -0.3 is 4.74 Å². The fraction of sp³-hybridized carbons (Fsp3) is 0.353. The lowest BCUT2D eigenvalue weighted by molar-refractivity contribution is -0.143. The van der Waals surface area contributed by atoms with E-state index < -0.39 is 17.0 Å². The second-order valence-corrected chi connectivity index (χ2v) is 6.85. The molecule has 2 rings (SSSR count). The second kappa shape index (κ2) is 7.51. The van der Waals surface area contributed by atoms with Crippen LogP contribution in [0.15, 0.2) is 47.4 Å². The second-order valence-electron chi connectivity index (χ2n) is 5.60. The minimum absolute atomic E-state index is 0.296. The van der Waals surface area contributed by atoms with Crippen LogP contribution >= 0.6 is 0 Å². The highest BCUT2D eigenvalue weighted by molar-refractivity contribution is 7.83. The lowest BCUT2D eigenvalue weighted by Gasteiger charge is -2.17. The van der Waals surface area contributed by atoms with Gasteiger partial charge in [0.25, 0.3) is 0 Å². The molecule has 118 valence electrons. The number of ether oxygens (including phenoxy) is 1. The molecule has 0 amide bonds. The summed E-state index contributed by atoms with van der Waals surface area (Å²) in [7, 11) is -0.115. The number of rotatable bonds is 6. The van der Waals surface area contributed by atoms with E-state index in [1.807, 2.05) is 56.3 Å². The standard InChI is InChI=1S/C17H21NO3S/c1-12(2)10-16(17(19)21-3)18-22(20)15-9-8-13-6-4-5-7-14(13)11-15/h4-9,11-12,16,18H,10H2,1-3H3/t16-,22?/m1/s1. The minimum Gasteiger partial charge on any atom is -0.468 e. The average Bonchev–Trinajstić information content (AvgIpc) is 2.52. The zero-order valence-electron chi connectivity index (χ0n) is 13.0. The third kappa shape index (κ3) is 4.15. The lowest BCUT2D eigenvalue weighted by atomic mass is 10.1. The summed E-state index contributed by atoms with van der Waals surface area (Å²) in [5.41, 5.74) is 0. The van der Waals surface area contributed by atoms with Crippen molar-refractivity contribution in [3.63, 3.8) is 0 Å². The molecule has 2 aromatic rings. The number of carbonyl (C=O) groups excluding carboxylic acids is 1. The van der Waals surface area contributed by atoms with Gasteiger partial charge in [-0.3, -0.25) is 4.79 Å². The monoisotopic (exact) mass is 319 g/mol. The molecule has 1 N–H and O–H groups in total. The molecule has 0 radical (unpaired) electrons. The van der Waals surface area contributed by atoms with Crippen LogP contribution in [0.5, 0.6) is 0 Å². The highest BCUT2D eigenvalue weighted by atomic mass is 32.2. The third-order valence-electron chi connectivity index (χ3n) is 3.38. The van der Waals surface area contributed by atoms with E-state index in [2.05, 4.69) is 4.72 Å². The fourth-order valence-electron chi connectivity index (χ4n) is 2.29.